The molecule has 0 saturated heterocycles. The molecule has 1 saturated carbocycles. The minimum absolute atomic E-state index is 0.0250. The molecule has 1 aliphatic carbocycles. The molecule has 6 aromatic rings. The second-order valence-electron chi connectivity index (χ2n) is 17.9. The molecule has 0 amide bonds. The van der Waals surface area contributed by atoms with E-state index < -0.39 is 0 Å². The summed E-state index contributed by atoms with van der Waals surface area (Å²) in [6, 6.07) is 48.4. The highest BCUT2D eigenvalue weighted by atomic mass is 15.3. The highest BCUT2D eigenvalue weighted by Gasteiger charge is 2.61. The van der Waals surface area contributed by atoms with Crippen LogP contribution in [0.25, 0.3) is 0 Å². The Bertz CT molecular complexity index is 2410. The van der Waals surface area contributed by atoms with Gasteiger partial charge < -0.3 is 14.7 Å². The highest BCUT2D eigenvalue weighted by molar-refractivity contribution is 7.00. The SMILES string of the molecule is Cc1ccc(N2c3ccc(C)cc3B3c4cc(C(C)(C)C)cc5c4N(c4cc(N(c6ccccc6)c6ccccc6)cc2c43)C2(C)CCCCC52C)cc1. The summed E-state index contributed by atoms with van der Waals surface area (Å²) in [6.07, 6.45) is 4.90. The van der Waals surface area contributed by atoms with Gasteiger partial charge in [-0.2, -0.15) is 0 Å². The molecule has 4 aliphatic rings. The molecule has 0 radical (unpaired) electrons. The summed E-state index contributed by atoms with van der Waals surface area (Å²) in [5, 5.41) is 0. The van der Waals surface area contributed by atoms with Gasteiger partial charge in [0.15, 0.2) is 0 Å². The molecule has 3 nitrogen and oxygen atoms in total. The molecular formula is C50H50BN3. The van der Waals surface area contributed by atoms with Gasteiger partial charge in [-0.1, -0.05) is 124 Å². The molecule has 1 fully saturated rings. The largest absolute Gasteiger partial charge is 0.335 e. The first-order valence-electron chi connectivity index (χ1n) is 20.0. The summed E-state index contributed by atoms with van der Waals surface area (Å²) < 4.78 is 0. The summed E-state index contributed by atoms with van der Waals surface area (Å²) in [7, 11) is 0. The fraction of sp³-hybridized carbons (Fsp3) is 0.280. The van der Waals surface area contributed by atoms with Crippen LogP contribution in [0.1, 0.15) is 82.6 Å². The van der Waals surface area contributed by atoms with Crippen LogP contribution in [0.2, 0.25) is 0 Å². The predicted octanol–water partition coefficient (Wildman–Crippen LogP) is 11.4. The van der Waals surface area contributed by atoms with Crippen LogP contribution in [0.15, 0.2) is 127 Å². The number of nitrogens with zero attached hydrogens (tertiary/aromatic N) is 3. The highest BCUT2D eigenvalue weighted by Crippen LogP contribution is 2.62. The summed E-state index contributed by atoms with van der Waals surface area (Å²) >= 11 is 0. The van der Waals surface area contributed by atoms with E-state index in [1.54, 1.807) is 5.56 Å². The molecule has 3 aliphatic heterocycles. The third-order valence-electron chi connectivity index (χ3n) is 13.6. The number of fused-ring (bicyclic) bond motifs is 7. The Morgan fingerprint density at radius 3 is 1.91 bits per heavy atom. The van der Waals surface area contributed by atoms with Gasteiger partial charge in [0.05, 0.1) is 11.2 Å². The van der Waals surface area contributed by atoms with Crippen molar-refractivity contribution in [3.8, 4) is 0 Å². The van der Waals surface area contributed by atoms with Crippen LogP contribution in [0.5, 0.6) is 0 Å². The van der Waals surface area contributed by atoms with Crippen LogP contribution in [0, 0.1) is 13.8 Å². The fourth-order valence-electron chi connectivity index (χ4n) is 10.6. The van der Waals surface area contributed by atoms with E-state index >= 15 is 0 Å². The van der Waals surface area contributed by atoms with E-state index in [1.807, 2.05) is 0 Å². The Morgan fingerprint density at radius 1 is 0.611 bits per heavy atom. The number of para-hydroxylation sites is 2. The second-order valence-corrected chi connectivity index (χ2v) is 17.9. The molecule has 6 aromatic carbocycles. The third kappa shape index (κ3) is 4.61. The molecule has 10 rings (SSSR count). The standard InChI is InChI=1S/C50H50BN3/c1-33-20-23-38(24-21-33)53-43-25-22-34(2)28-41(43)51-42-30-35(48(3,4)5)29-40-47(42)54(50(7)27-15-14-26-49(40,50)6)45-32-39(31-44(53)46(45)51)52(36-16-10-8-11-17-36)37-18-12-9-13-19-37/h8-13,16-25,28-32H,14-15,26-27H2,1-7H3. The van der Waals surface area contributed by atoms with Gasteiger partial charge in [-0.3, -0.25) is 0 Å². The summed E-state index contributed by atoms with van der Waals surface area (Å²) in [5.41, 5.74) is 19.9. The smallest absolute Gasteiger partial charge is 0.252 e. The average Bonchev–Trinajstić information content (AvgIpc) is 3.38. The Kier molecular flexibility index (Phi) is 7.19. The van der Waals surface area contributed by atoms with E-state index in [9.17, 15) is 0 Å². The van der Waals surface area contributed by atoms with Crippen molar-refractivity contribution in [1.29, 1.82) is 0 Å². The van der Waals surface area contributed by atoms with E-state index in [2.05, 4.69) is 191 Å². The van der Waals surface area contributed by atoms with Crippen molar-refractivity contribution >= 4 is 68.6 Å². The molecule has 54 heavy (non-hydrogen) atoms. The van der Waals surface area contributed by atoms with Gasteiger partial charge in [0.2, 0.25) is 0 Å². The van der Waals surface area contributed by atoms with Gasteiger partial charge in [0.25, 0.3) is 6.71 Å². The first kappa shape index (κ1) is 33.4. The van der Waals surface area contributed by atoms with E-state index in [0.717, 1.165) is 11.4 Å². The van der Waals surface area contributed by atoms with Crippen LogP contribution in [-0.2, 0) is 10.8 Å². The molecule has 4 heteroatoms. The van der Waals surface area contributed by atoms with Crippen LogP contribution >= 0.6 is 0 Å². The van der Waals surface area contributed by atoms with E-state index in [1.165, 1.54) is 92.9 Å². The lowest BCUT2D eigenvalue weighted by molar-refractivity contribution is 0.195. The van der Waals surface area contributed by atoms with Crippen molar-refractivity contribution in [2.45, 2.75) is 90.5 Å². The second kappa shape index (κ2) is 11.6. The minimum atomic E-state index is -0.0674. The van der Waals surface area contributed by atoms with Gasteiger partial charge in [0, 0.05) is 45.2 Å². The summed E-state index contributed by atoms with van der Waals surface area (Å²) in [5.74, 6) is 0. The zero-order valence-electron chi connectivity index (χ0n) is 32.9. The molecule has 0 N–H and O–H groups in total. The topological polar surface area (TPSA) is 9.72 Å². The molecular weight excluding hydrogens is 653 g/mol. The summed E-state index contributed by atoms with van der Waals surface area (Å²) in [6.45, 7) is 16.9. The summed E-state index contributed by atoms with van der Waals surface area (Å²) in [4.78, 5) is 7.89. The van der Waals surface area contributed by atoms with Gasteiger partial charge in [-0.05, 0) is 121 Å². The van der Waals surface area contributed by atoms with Gasteiger partial charge in [0.1, 0.15) is 0 Å². The normalized spacial score (nSPS) is 20.6. The fourth-order valence-corrected chi connectivity index (χ4v) is 10.6. The molecule has 0 spiro atoms. The molecule has 0 aromatic heterocycles. The predicted molar refractivity (Wildman–Crippen MR) is 231 cm³/mol. The maximum absolute atomic E-state index is 2.87. The van der Waals surface area contributed by atoms with Crippen molar-refractivity contribution in [3.05, 3.63) is 150 Å². The number of benzene rings is 6. The van der Waals surface area contributed by atoms with Crippen molar-refractivity contribution in [1.82, 2.24) is 0 Å². The van der Waals surface area contributed by atoms with E-state index in [0.29, 0.717) is 0 Å². The number of aryl methyl sites for hydroxylation is 2. The Labute approximate surface area is 322 Å². The van der Waals surface area contributed by atoms with Crippen LogP contribution in [0.4, 0.5) is 45.5 Å². The quantitative estimate of drug-likeness (QED) is 0.169. The monoisotopic (exact) mass is 703 g/mol. The first-order chi connectivity index (χ1) is 26.0. The number of hydrogen-bond donors (Lipinski definition) is 0. The molecule has 2 atom stereocenters. The first-order valence-corrected chi connectivity index (χ1v) is 20.0. The Hall–Kier alpha value is -5.22. The minimum Gasteiger partial charge on any atom is -0.335 e. The van der Waals surface area contributed by atoms with Crippen LogP contribution < -0.4 is 31.1 Å². The van der Waals surface area contributed by atoms with Crippen molar-refractivity contribution < 1.29 is 0 Å². The van der Waals surface area contributed by atoms with Crippen LogP contribution in [0.3, 0.4) is 0 Å². The molecule has 2 unspecified atom stereocenters. The number of hydrogen-bond acceptors (Lipinski definition) is 3. The van der Waals surface area contributed by atoms with Gasteiger partial charge in [-0.25, -0.2) is 0 Å². The Morgan fingerprint density at radius 2 is 1.24 bits per heavy atom. The average molecular weight is 704 g/mol. The van der Waals surface area contributed by atoms with Crippen molar-refractivity contribution in [2.75, 3.05) is 14.7 Å². The van der Waals surface area contributed by atoms with Gasteiger partial charge >= 0.3 is 0 Å². The number of anilines is 8. The third-order valence-corrected chi connectivity index (χ3v) is 13.6. The zero-order valence-corrected chi connectivity index (χ0v) is 32.9. The number of rotatable bonds is 4. The maximum Gasteiger partial charge on any atom is 0.252 e. The molecule has 3 heterocycles. The maximum atomic E-state index is 2.87. The lowest BCUT2D eigenvalue weighted by Crippen LogP contribution is -2.64. The van der Waals surface area contributed by atoms with Gasteiger partial charge in [-0.15, -0.1) is 0 Å². The molecule has 0 bridgehead atoms. The van der Waals surface area contributed by atoms with Crippen molar-refractivity contribution in [2.24, 2.45) is 0 Å². The zero-order chi connectivity index (χ0) is 37.1. The van der Waals surface area contributed by atoms with Crippen LogP contribution in [-0.4, -0.2) is 12.3 Å². The van der Waals surface area contributed by atoms with Crippen molar-refractivity contribution in [3.63, 3.8) is 0 Å². The Balaban J connectivity index is 1.36. The van der Waals surface area contributed by atoms with E-state index in [-0.39, 0.29) is 23.1 Å². The lowest BCUT2D eigenvalue weighted by Gasteiger charge is -2.53. The molecule has 268 valence electrons. The van der Waals surface area contributed by atoms with E-state index in [4.69, 9.17) is 0 Å². The lowest BCUT2D eigenvalue weighted by atomic mass is 9.33.